The van der Waals surface area contributed by atoms with Gasteiger partial charge in [-0.1, -0.05) is 17.7 Å². The summed E-state index contributed by atoms with van der Waals surface area (Å²) >= 11 is 0. The number of halogens is 1. The van der Waals surface area contributed by atoms with Gasteiger partial charge in [-0.05, 0) is 31.2 Å². The Labute approximate surface area is 127 Å². The number of nitrogens with one attached hydrogen (secondary N) is 1. The van der Waals surface area contributed by atoms with E-state index in [1.807, 2.05) is 19.1 Å². The van der Waals surface area contributed by atoms with Gasteiger partial charge in [0.1, 0.15) is 30.3 Å². The third-order valence-corrected chi connectivity index (χ3v) is 3.85. The number of anilines is 1. The average Bonchev–Trinajstić information content (AvgIpc) is 2.90. The molecule has 1 aromatic heterocycles. The molecule has 22 heavy (non-hydrogen) atoms. The van der Waals surface area contributed by atoms with Crippen molar-refractivity contribution in [3.05, 3.63) is 59.7 Å². The van der Waals surface area contributed by atoms with Gasteiger partial charge in [0.25, 0.3) is 0 Å². The average molecular weight is 295 g/mol. The Bertz CT molecular complexity index is 866. The van der Waals surface area contributed by atoms with E-state index in [1.165, 1.54) is 24.0 Å². The highest BCUT2D eigenvalue weighted by Gasteiger charge is 2.25. The van der Waals surface area contributed by atoms with Crippen molar-refractivity contribution in [3.63, 3.8) is 0 Å². The van der Waals surface area contributed by atoms with Gasteiger partial charge in [-0.15, -0.1) is 0 Å². The van der Waals surface area contributed by atoms with Crippen LogP contribution in [0.15, 0.2) is 42.7 Å². The van der Waals surface area contributed by atoms with Gasteiger partial charge in [-0.2, -0.15) is 0 Å². The standard InChI is InChI=1S/C17H14FN3O/c1-10-2-5-16-12(6-10)15(8-22-16)21-17-13-7-11(18)3-4-14(13)19-9-20-17/h2-7,9,15H,8H2,1H3,(H,19,20,21). The molecule has 0 saturated heterocycles. The molecule has 4 nitrogen and oxygen atoms in total. The second kappa shape index (κ2) is 4.94. The van der Waals surface area contributed by atoms with E-state index in [0.29, 0.717) is 23.3 Å². The highest BCUT2D eigenvalue weighted by atomic mass is 19.1. The molecule has 1 atom stereocenters. The number of ether oxygens (including phenoxy) is 1. The van der Waals surface area contributed by atoms with E-state index in [9.17, 15) is 4.39 Å². The quantitative estimate of drug-likeness (QED) is 0.784. The monoisotopic (exact) mass is 295 g/mol. The second-order valence-corrected chi connectivity index (χ2v) is 5.43. The van der Waals surface area contributed by atoms with Crippen molar-refractivity contribution in [3.8, 4) is 5.75 Å². The number of nitrogens with zero attached hydrogens (tertiary/aromatic N) is 2. The van der Waals surface area contributed by atoms with Crippen LogP contribution in [-0.2, 0) is 0 Å². The minimum atomic E-state index is -0.302. The maximum atomic E-state index is 13.5. The summed E-state index contributed by atoms with van der Waals surface area (Å²) < 4.78 is 19.2. The van der Waals surface area contributed by atoms with E-state index in [4.69, 9.17) is 4.74 Å². The normalized spacial score (nSPS) is 16.4. The maximum Gasteiger partial charge on any atom is 0.137 e. The highest BCUT2D eigenvalue weighted by molar-refractivity contribution is 5.89. The van der Waals surface area contributed by atoms with Crippen LogP contribution in [0.3, 0.4) is 0 Å². The minimum Gasteiger partial charge on any atom is -0.491 e. The fourth-order valence-electron chi connectivity index (χ4n) is 2.76. The summed E-state index contributed by atoms with van der Waals surface area (Å²) in [7, 11) is 0. The molecule has 0 saturated carbocycles. The van der Waals surface area contributed by atoms with Crippen molar-refractivity contribution in [2.45, 2.75) is 13.0 Å². The first kappa shape index (κ1) is 13.0. The number of rotatable bonds is 2. The third-order valence-electron chi connectivity index (χ3n) is 3.85. The molecule has 1 unspecified atom stereocenters. The van der Waals surface area contributed by atoms with Crippen LogP contribution in [0.5, 0.6) is 5.75 Å². The van der Waals surface area contributed by atoms with Crippen LogP contribution < -0.4 is 10.1 Å². The number of hydrogen-bond acceptors (Lipinski definition) is 4. The Kier molecular flexibility index (Phi) is 2.92. The molecule has 1 N–H and O–H groups in total. The van der Waals surface area contributed by atoms with Gasteiger partial charge in [-0.25, -0.2) is 14.4 Å². The minimum absolute atomic E-state index is 0.00346. The van der Waals surface area contributed by atoms with Crippen molar-refractivity contribution >= 4 is 16.7 Å². The molecule has 0 fully saturated rings. The summed E-state index contributed by atoms with van der Waals surface area (Å²) in [6, 6.07) is 10.6. The molecule has 0 bridgehead atoms. The molecular weight excluding hydrogens is 281 g/mol. The Morgan fingerprint density at radius 3 is 3.00 bits per heavy atom. The Hall–Kier alpha value is -2.69. The zero-order valence-electron chi connectivity index (χ0n) is 12.0. The first-order chi connectivity index (χ1) is 10.7. The van der Waals surface area contributed by atoms with Gasteiger partial charge >= 0.3 is 0 Å². The van der Waals surface area contributed by atoms with Crippen molar-refractivity contribution in [2.24, 2.45) is 0 Å². The largest absolute Gasteiger partial charge is 0.491 e. The van der Waals surface area contributed by atoms with Crippen LogP contribution in [0.4, 0.5) is 10.2 Å². The fourth-order valence-corrected chi connectivity index (χ4v) is 2.76. The Balaban J connectivity index is 1.74. The molecule has 2 heterocycles. The van der Waals surface area contributed by atoms with Crippen LogP contribution in [0.25, 0.3) is 10.9 Å². The van der Waals surface area contributed by atoms with Crippen molar-refractivity contribution < 1.29 is 9.13 Å². The summed E-state index contributed by atoms with van der Waals surface area (Å²) in [6.45, 7) is 2.57. The van der Waals surface area contributed by atoms with Gasteiger partial charge in [0, 0.05) is 10.9 Å². The number of benzene rings is 2. The Morgan fingerprint density at radius 2 is 2.09 bits per heavy atom. The molecule has 110 valence electrons. The van der Waals surface area contributed by atoms with Gasteiger partial charge in [-0.3, -0.25) is 0 Å². The van der Waals surface area contributed by atoms with E-state index < -0.39 is 0 Å². The molecule has 1 aliphatic rings. The lowest BCUT2D eigenvalue weighted by atomic mass is 10.1. The molecular formula is C17H14FN3O. The topological polar surface area (TPSA) is 47.0 Å². The smallest absolute Gasteiger partial charge is 0.137 e. The van der Waals surface area contributed by atoms with Gasteiger partial charge in [0.15, 0.2) is 0 Å². The molecule has 0 aliphatic carbocycles. The van der Waals surface area contributed by atoms with Crippen LogP contribution in [0.2, 0.25) is 0 Å². The predicted molar refractivity (Wildman–Crippen MR) is 82.5 cm³/mol. The first-order valence-electron chi connectivity index (χ1n) is 7.11. The highest BCUT2D eigenvalue weighted by Crippen LogP contribution is 2.35. The molecule has 1 aliphatic heterocycles. The summed E-state index contributed by atoms with van der Waals surface area (Å²) in [4.78, 5) is 8.43. The van der Waals surface area contributed by atoms with Gasteiger partial charge in [0.2, 0.25) is 0 Å². The molecule has 0 radical (unpaired) electrons. The van der Waals surface area contributed by atoms with Crippen LogP contribution >= 0.6 is 0 Å². The van der Waals surface area contributed by atoms with E-state index in [2.05, 4.69) is 21.4 Å². The van der Waals surface area contributed by atoms with E-state index in [0.717, 1.165) is 11.3 Å². The molecule has 0 spiro atoms. The third kappa shape index (κ3) is 2.15. The molecule has 3 aromatic rings. The Morgan fingerprint density at radius 1 is 1.18 bits per heavy atom. The van der Waals surface area contributed by atoms with Crippen molar-refractivity contribution in [1.82, 2.24) is 9.97 Å². The predicted octanol–water partition coefficient (Wildman–Crippen LogP) is 3.62. The van der Waals surface area contributed by atoms with Crippen molar-refractivity contribution in [2.75, 3.05) is 11.9 Å². The van der Waals surface area contributed by atoms with Gasteiger partial charge < -0.3 is 10.1 Å². The first-order valence-corrected chi connectivity index (χ1v) is 7.11. The van der Waals surface area contributed by atoms with Crippen LogP contribution in [0, 0.1) is 12.7 Å². The number of aromatic nitrogens is 2. The summed E-state index contributed by atoms with van der Waals surface area (Å²) in [5.74, 6) is 1.20. The summed E-state index contributed by atoms with van der Waals surface area (Å²) in [5, 5.41) is 4.02. The molecule has 5 heteroatoms. The van der Waals surface area contributed by atoms with Crippen LogP contribution in [0.1, 0.15) is 17.2 Å². The van der Waals surface area contributed by atoms with E-state index in [1.54, 1.807) is 6.07 Å². The number of aryl methyl sites for hydroxylation is 1. The molecule has 0 amide bonds. The fraction of sp³-hybridized carbons (Fsp3) is 0.176. The zero-order chi connectivity index (χ0) is 15.1. The van der Waals surface area contributed by atoms with Gasteiger partial charge in [0.05, 0.1) is 11.6 Å². The number of hydrogen-bond donors (Lipinski definition) is 1. The zero-order valence-corrected chi connectivity index (χ0v) is 12.0. The lowest BCUT2D eigenvalue weighted by Gasteiger charge is -2.14. The number of fused-ring (bicyclic) bond motifs is 2. The maximum absolute atomic E-state index is 13.5. The summed E-state index contributed by atoms with van der Waals surface area (Å²) in [5.41, 5.74) is 2.99. The van der Waals surface area contributed by atoms with Crippen LogP contribution in [-0.4, -0.2) is 16.6 Å². The molecule has 4 rings (SSSR count). The second-order valence-electron chi connectivity index (χ2n) is 5.43. The SMILES string of the molecule is Cc1ccc2c(c1)C(Nc1ncnc3ccc(F)cc13)CO2. The summed E-state index contributed by atoms with van der Waals surface area (Å²) in [6.07, 6.45) is 1.48. The van der Waals surface area contributed by atoms with E-state index >= 15 is 0 Å². The lowest BCUT2D eigenvalue weighted by Crippen LogP contribution is -2.13. The van der Waals surface area contributed by atoms with E-state index in [-0.39, 0.29) is 11.9 Å². The lowest BCUT2D eigenvalue weighted by molar-refractivity contribution is 0.339. The molecule has 2 aromatic carbocycles. The van der Waals surface area contributed by atoms with Crippen molar-refractivity contribution in [1.29, 1.82) is 0 Å².